The number of halogens is 1. The summed E-state index contributed by atoms with van der Waals surface area (Å²) in [5, 5.41) is 9.85. The number of nitrogens with one attached hydrogen (secondary N) is 3. The van der Waals surface area contributed by atoms with E-state index in [1.165, 1.54) is 18.2 Å². The second-order valence-corrected chi connectivity index (χ2v) is 7.34. The van der Waals surface area contributed by atoms with Gasteiger partial charge < -0.3 is 10.6 Å². The minimum absolute atomic E-state index is 0.00467. The van der Waals surface area contributed by atoms with E-state index in [-0.39, 0.29) is 41.9 Å². The van der Waals surface area contributed by atoms with Gasteiger partial charge in [0, 0.05) is 37.3 Å². The predicted octanol–water partition coefficient (Wildman–Crippen LogP) is 2.29. The highest BCUT2D eigenvalue weighted by Crippen LogP contribution is 2.17. The topological polar surface area (TPSA) is 113 Å². The zero-order valence-corrected chi connectivity index (χ0v) is 17.2. The van der Waals surface area contributed by atoms with Crippen molar-refractivity contribution < 1.29 is 18.8 Å². The van der Waals surface area contributed by atoms with E-state index < -0.39 is 11.7 Å². The van der Waals surface area contributed by atoms with Crippen LogP contribution in [0.5, 0.6) is 0 Å². The maximum Gasteiger partial charge on any atom is 0.260 e. The molecule has 1 aromatic carbocycles. The third kappa shape index (κ3) is 6.96. The molecule has 160 valence electrons. The number of carbonyl (C=O) groups is 3. The summed E-state index contributed by atoms with van der Waals surface area (Å²) < 4.78 is 13.7. The molecule has 0 fully saturated rings. The zero-order valence-electron chi connectivity index (χ0n) is 16.4. The maximum absolute atomic E-state index is 13.7. The van der Waals surface area contributed by atoms with Gasteiger partial charge in [-0.1, -0.05) is 12.1 Å². The van der Waals surface area contributed by atoms with Gasteiger partial charge in [0.05, 0.1) is 17.7 Å². The molecular weight excluding hydrogens is 421 g/mol. The number of carbonyl (C=O) groups excluding carboxylic acids is 3. The summed E-state index contributed by atoms with van der Waals surface area (Å²) in [6, 6.07) is 9.25. The van der Waals surface area contributed by atoms with Gasteiger partial charge in [-0.2, -0.15) is 0 Å². The Labute approximate surface area is 181 Å². The van der Waals surface area contributed by atoms with Crippen molar-refractivity contribution in [2.24, 2.45) is 0 Å². The number of aromatic nitrogens is 2. The normalized spacial score (nSPS) is 10.4. The molecule has 0 saturated carbocycles. The molecule has 2 heterocycles. The maximum atomic E-state index is 13.7. The van der Waals surface area contributed by atoms with E-state index in [1.54, 1.807) is 23.8 Å². The lowest BCUT2D eigenvalue weighted by Crippen LogP contribution is -2.31. The molecule has 0 radical (unpaired) electrons. The molecule has 10 heteroatoms. The first-order valence-electron chi connectivity index (χ1n) is 9.44. The third-order valence-corrected chi connectivity index (χ3v) is 4.95. The highest BCUT2D eigenvalue weighted by atomic mass is 32.1. The number of benzene rings is 1. The van der Waals surface area contributed by atoms with Crippen molar-refractivity contribution >= 4 is 34.2 Å². The Morgan fingerprint density at radius 3 is 2.55 bits per heavy atom. The SMILES string of the molecule is O=C(CCNC(=O)Cc1csc(NC(=O)c2ccccc2F)n1)NCc1ccncc1. The average molecular weight is 441 g/mol. The summed E-state index contributed by atoms with van der Waals surface area (Å²) in [6.07, 6.45) is 3.45. The lowest BCUT2D eigenvalue weighted by Gasteiger charge is -2.06. The monoisotopic (exact) mass is 441 g/mol. The standard InChI is InChI=1S/C21H20FN5O3S/c22-17-4-2-1-3-16(17)20(30)27-21-26-15(13-31-21)11-19(29)24-10-7-18(28)25-12-14-5-8-23-9-6-14/h1-6,8-9,13H,7,10-12H2,(H,24,29)(H,25,28)(H,26,27,30). The molecule has 8 nitrogen and oxygen atoms in total. The number of thiazole rings is 1. The summed E-state index contributed by atoms with van der Waals surface area (Å²) in [7, 11) is 0. The molecule has 0 aliphatic heterocycles. The van der Waals surface area contributed by atoms with Crippen LogP contribution >= 0.6 is 11.3 Å². The summed E-state index contributed by atoms with van der Waals surface area (Å²) in [4.78, 5) is 44.1. The van der Waals surface area contributed by atoms with Crippen molar-refractivity contribution in [3.8, 4) is 0 Å². The second kappa shape index (κ2) is 10.9. The third-order valence-electron chi connectivity index (χ3n) is 4.15. The van der Waals surface area contributed by atoms with Crippen LogP contribution in [0.2, 0.25) is 0 Å². The fourth-order valence-corrected chi connectivity index (χ4v) is 3.29. The largest absolute Gasteiger partial charge is 0.355 e. The van der Waals surface area contributed by atoms with E-state index in [9.17, 15) is 18.8 Å². The van der Waals surface area contributed by atoms with Crippen molar-refractivity contribution in [1.82, 2.24) is 20.6 Å². The van der Waals surface area contributed by atoms with Crippen LogP contribution < -0.4 is 16.0 Å². The lowest BCUT2D eigenvalue weighted by molar-refractivity contribution is -0.122. The Hall–Kier alpha value is -3.66. The van der Waals surface area contributed by atoms with E-state index >= 15 is 0 Å². The molecule has 0 unspecified atom stereocenters. The highest BCUT2D eigenvalue weighted by molar-refractivity contribution is 7.14. The van der Waals surface area contributed by atoms with Crippen molar-refractivity contribution in [1.29, 1.82) is 0 Å². The number of amides is 3. The first kappa shape index (κ1) is 22.0. The van der Waals surface area contributed by atoms with Crippen LogP contribution in [0.4, 0.5) is 9.52 Å². The van der Waals surface area contributed by atoms with Gasteiger partial charge in [0.2, 0.25) is 11.8 Å². The van der Waals surface area contributed by atoms with Gasteiger partial charge in [-0.25, -0.2) is 9.37 Å². The van der Waals surface area contributed by atoms with E-state index in [0.717, 1.165) is 16.9 Å². The van der Waals surface area contributed by atoms with Crippen LogP contribution in [0.3, 0.4) is 0 Å². The molecule has 3 amide bonds. The minimum atomic E-state index is -0.624. The number of hydrogen-bond donors (Lipinski definition) is 3. The number of hydrogen-bond acceptors (Lipinski definition) is 6. The minimum Gasteiger partial charge on any atom is -0.355 e. The van der Waals surface area contributed by atoms with Gasteiger partial charge in [0.15, 0.2) is 5.13 Å². The van der Waals surface area contributed by atoms with Crippen molar-refractivity contribution in [3.63, 3.8) is 0 Å². The van der Waals surface area contributed by atoms with E-state index in [1.807, 2.05) is 12.1 Å². The fourth-order valence-electron chi connectivity index (χ4n) is 2.59. The Kier molecular flexibility index (Phi) is 7.77. The van der Waals surface area contributed by atoms with Crippen molar-refractivity contribution in [3.05, 3.63) is 76.8 Å². The highest BCUT2D eigenvalue weighted by Gasteiger charge is 2.14. The predicted molar refractivity (Wildman–Crippen MR) is 114 cm³/mol. The first-order valence-corrected chi connectivity index (χ1v) is 10.3. The zero-order chi connectivity index (χ0) is 22.1. The molecule has 2 aromatic heterocycles. The summed E-state index contributed by atoms with van der Waals surface area (Å²) in [5.41, 5.74) is 1.32. The van der Waals surface area contributed by atoms with E-state index in [4.69, 9.17) is 0 Å². The molecular formula is C21H20FN5O3S. The number of nitrogens with zero attached hydrogens (tertiary/aromatic N) is 2. The number of pyridine rings is 1. The molecule has 0 atom stereocenters. The Balaban J connectivity index is 1.38. The fraction of sp³-hybridized carbons (Fsp3) is 0.190. The van der Waals surface area contributed by atoms with E-state index in [2.05, 4.69) is 25.9 Å². The average Bonchev–Trinajstić information content (AvgIpc) is 3.19. The van der Waals surface area contributed by atoms with E-state index in [0.29, 0.717) is 12.2 Å². The molecule has 0 aliphatic rings. The lowest BCUT2D eigenvalue weighted by atomic mass is 10.2. The van der Waals surface area contributed by atoms with Crippen LogP contribution in [0.15, 0.2) is 54.2 Å². The van der Waals surface area contributed by atoms with Crippen LogP contribution in [0.1, 0.15) is 28.0 Å². The molecule has 3 rings (SSSR count). The van der Waals surface area contributed by atoms with Gasteiger partial charge in [0.25, 0.3) is 5.91 Å². The molecule has 0 aliphatic carbocycles. The van der Waals surface area contributed by atoms with Gasteiger partial charge in [-0.05, 0) is 29.8 Å². The Morgan fingerprint density at radius 2 is 1.77 bits per heavy atom. The van der Waals surface area contributed by atoms with Crippen LogP contribution in [-0.2, 0) is 22.6 Å². The van der Waals surface area contributed by atoms with Crippen LogP contribution in [0.25, 0.3) is 0 Å². The number of rotatable bonds is 9. The summed E-state index contributed by atoms with van der Waals surface area (Å²) in [6.45, 7) is 0.595. The van der Waals surface area contributed by atoms with Crippen LogP contribution in [0, 0.1) is 5.82 Å². The molecule has 0 bridgehead atoms. The quantitative estimate of drug-likeness (QED) is 0.472. The van der Waals surface area contributed by atoms with Crippen LogP contribution in [-0.4, -0.2) is 34.2 Å². The van der Waals surface area contributed by atoms with Crippen molar-refractivity contribution in [2.45, 2.75) is 19.4 Å². The Bertz CT molecular complexity index is 1060. The molecule has 0 saturated heterocycles. The smallest absolute Gasteiger partial charge is 0.260 e. The van der Waals surface area contributed by atoms with Gasteiger partial charge in [0.1, 0.15) is 5.82 Å². The van der Waals surface area contributed by atoms with Gasteiger partial charge >= 0.3 is 0 Å². The van der Waals surface area contributed by atoms with Gasteiger partial charge in [-0.3, -0.25) is 24.7 Å². The molecule has 3 aromatic rings. The first-order chi connectivity index (χ1) is 15.0. The molecule has 0 spiro atoms. The Morgan fingerprint density at radius 1 is 1.00 bits per heavy atom. The van der Waals surface area contributed by atoms with Gasteiger partial charge in [-0.15, -0.1) is 11.3 Å². The van der Waals surface area contributed by atoms with Crippen molar-refractivity contribution in [2.75, 3.05) is 11.9 Å². The molecule has 3 N–H and O–H groups in total. The molecule has 31 heavy (non-hydrogen) atoms. The summed E-state index contributed by atoms with van der Waals surface area (Å²) >= 11 is 1.14. The number of anilines is 1. The second-order valence-electron chi connectivity index (χ2n) is 6.49. The summed E-state index contributed by atoms with van der Waals surface area (Å²) in [5.74, 6) is -1.70.